The number of aromatic nitrogens is 3. The number of anilines is 6. The van der Waals surface area contributed by atoms with Gasteiger partial charge in [0.05, 0.1) is 5.69 Å². The van der Waals surface area contributed by atoms with Gasteiger partial charge in [-0.1, -0.05) is 160 Å². The van der Waals surface area contributed by atoms with Crippen molar-refractivity contribution in [2.75, 3.05) is 9.80 Å². The van der Waals surface area contributed by atoms with Crippen LogP contribution >= 0.6 is 0 Å². The Bertz CT molecular complexity index is 2630. The van der Waals surface area contributed by atoms with Crippen LogP contribution in [0, 0.1) is 0 Å². The molecule has 0 aliphatic carbocycles. The summed E-state index contributed by atoms with van der Waals surface area (Å²) in [6.07, 6.45) is 0. The molecule has 0 atom stereocenters. The fourth-order valence-electron chi connectivity index (χ4n) is 8.84. The average Bonchev–Trinajstić information content (AvgIpc) is 3.25. The van der Waals surface area contributed by atoms with E-state index in [-0.39, 0.29) is 0 Å². The van der Waals surface area contributed by atoms with Gasteiger partial charge in [0.2, 0.25) is 0 Å². The molecule has 0 saturated heterocycles. The predicted molar refractivity (Wildman–Crippen MR) is 239 cm³/mol. The highest BCUT2D eigenvalue weighted by Gasteiger charge is 2.41. The Morgan fingerprint density at radius 2 is 0.696 bits per heavy atom. The molecular weight excluding hydrogens is 715 g/mol. The first-order valence-electron chi connectivity index (χ1n) is 19.3. The van der Waals surface area contributed by atoms with Crippen LogP contribution in [0.1, 0.15) is 0 Å². The van der Waals surface area contributed by atoms with E-state index in [4.69, 9.17) is 15.0 Å². The zero-order valence-electron chi connectivity index (χ0n) is 32.0. The van der Waals surface area contributed by atoms with Gasteiger partial charge < -0.3 is 9.80 Å². The van der Waals surface area contributed by atoms with Crippen LogP contribution in [0.2, 0.25) is 26.2 Å². The van der Waals surface area contributed by atoms with Gasteiger partial charge >= 0.3 is 0 Å². The number of para-hydroxylation sites is 4. The van der Waals surface area contributed by atoms with E-state index in [1.54, 1.807) is 0 Å². The molecule has 56 heavy (non-hydrogen) atoms. The number of hydrogen-bond donors (Lipinski definition) is 0. The normalized spacial score (nSPS) is 14.6. The quantitative estimate of drug-likeness (QED) is 0.164. The maximum Gasteiger partial charge on any atom is 0.166 e. The van der Waals surface area contributed by atoms with Crippen LogP contribution in [0.15, 0.2) is 176 Å². The Morgan fingerprint density at radius 1 is 0.339 bits per heavy atom. The van der Waals surface area contributed by atoms with Crippen molar-refractivity contribution in [1.82, 2.24) is 15.0 Å². The molecule has 3 heterocycles. The third-order valence-corrected chi connectivity index (χ3v) is 18.8. The number of nitrogens with zero attached hydrogens (tertiary/aromatic N) is 5. The van der Waals surface area contributed by atoms with Gasteiger partial charge in [-0.15, -0.1) is 0 Å². The van der Waals surface area contributed by atoms with Gasteiger partial charge in [0.25, 0.3) is 0 Å². The van der Waals surface area contributed by atoms with Crippen LogP contribution in [0.25, 0.3) is 34.2 Å². The molecule has 2 aliphatic heterocycles. The summed E-state index contributed by atoms with van der Waals surface area (Å²) in [7, 11) is -4.01. The summed E-state index contributed by atoms with van der Waals surface area (Å²) in [5.41, 5.74) is 9.78. The fourth-order valence-corrected chi connectivity index (χ4v) is 14.8. The second kappa shape index (κ2) is 13.1. The second-order valence-corrected chi connectivity index (χ2v) is 24.4. The lowest BCUT2D eigenvalue weighted by molar-refractivity contribution is 1.07. The summed E-state index contributed by atoms with van der Waals surface area (Å²) in [6.45, 7) is 9.86. The van der Waals surface area contributed by atoms with Gasteiger partial charge in [0, 0.05) is 45.1 Å². The van der Waals surface area contributed by atoms with Crippen LogP contribution in [-0.4, -0.2) is 31.1 Å². The first-order chi connectivity index (χ1) is 27.3. The first-order valence-corrected chi connectivity index (χ1v) is 25.3. The largest absolute Gasteiger partial charge is 0.311 e. The molecule has 270 valence electrons. The molecule has 5 nitrogen and oxygen atoms in total. The highest BCUT2D eigenvalue weighted by Crippen LogP contribution is 2.46. The zero-order valence-corrected chi connectivity index (χ0v) is 34.0. The topological polar surface area (TPSA) is 45.2 Å². The summed E-state index contributed by atoms with van der Waals surface area (Å²) in [5, 5.41) is 5.66. The van der Waals surface area contributed by atoms with E-state index in [0.717, 1.165) is 28.1 Å². The zero-order chi connectivity index (χ0) is 38.0. The smallest absolute Gasteiger partial charge is 0.166 e. The number of rotatable bonds is 5. The Balaban J connectivity index is 1.28. The molecule has 10 rings (SSSR count). The summed E-state index contributed by atoms with van der Waals surface area (Å²) in [6, 6.07) is 63.2. The maximum atomic E-state index is 5.34. The van der Waals surface area contributed by atoms with Crippen molar-refractivity contribution >= 4 is 71.0 Å². The predicted octanol–water partition coefficient (Wildman–Crippen LogP) is 10.1. The molecule has 7 aromatic carbocycles. The highest BCUT2D eigenvalue weighted by atomic mass is 28.3. The standard InChI is InChI=1S/C49H41N5Si2/c1-55(2)43-27-15-11-23-39(43)53(40-24-12-16-28-44(40)55)36-31-32-38(54-41-25-13-17-29-45(41)56(3,4)46-30-18-14-26-42(46)54)37(33-36)49-51-47(34-19-7-5-8-20-34)50-48(52-49)35-21-9-6-10-22-35/h5-33H,1-4H3. The molecule has 0 fully saturated rings. The molecule has 0 spiro atoms. The molecule has 1 aromatic heterocycles. The fraction of sp³-hybridized carbons (Fsp3) is 0.0816. The van der Waals surface area contributed by atoms with E-state index in [0.29, 0.717) is 17.5 Å². The van der Waals surface area contributed by atoms with Crippen LogP contribution in [-0.2, 0) is 0 Å². The van der Waals surface area contributed by atoms with Gasteiger partial charge in [-0.2, -0.15) is 0 Å². The molecular formula is C49H41N5Si2. The molecule has 0 radical (unpaired) electrons. The Kier molecular flexibility index (Phi) is 7.99. The number of fused-ring (bicyclic) bond motifs is 4. The molecule has 2 aliphatic rings. The summed E-state index contributed by atoms with van der Waals surface area (Å²) >= 11 is 0. The van der Waals surface area contributed by atoms with E-state index in [9.17, 15) is 0 Å². The van der Waals surface area contributed by atoms with Crippen molar-refractivity contribution in [3.8, 4) is 34.2 Å². The summed E-state index contributed by atoms with van der Waals surface area (Å²) in [5.74, 6) is 1.90. The van der Waals surface area contributed by atoms with Gasteiger partial charge in [0.15, 0.2) is 17.5 Å². The molecule has 0 unspecified atom stereocenters. The van der Waals surface area contributed by atoms with Crippen LogP contribution in [0.5, 0.6) is 0 Å². The van der Waals surface area contributed by atoms with Crippen molar-refractivity contribution in [3.63, 3.8) is 0 Å². The minimum Gasteiger partial charge on any atom is -0.311 e. The van der Waals surface area contributed by atoms with Gasteiger partial charge in [-0.25, -0.2) is 15.0 Å². The molecule has 0 saturated carbocycles. The van der Waals surface area contributed by atoms with E-state index in [1.165, 1.54) is 43.5 Å². The highest BCUT2D eigenvalue weighted by molar-refractivity contribution is 7.03. The molecule has 7 heteroatoms. The maximum absolute atomic E-state index is 5.34. The van der Waals surface area contributed by atoms with E-state index in [1.807, 2.05) is 36.4 Å². The van der Waals surface area contributed by atoms with Crippen molar-refractivity contribution in [1.29, 1.82) is 0 Å². The van der Waals surface area contributed by atoms with Crippen molar-refractivity contribution in [2.45, 2.75) is 26.2 Å². The minimum atomic E-state index is -2.03. The van der Waals surface area contributed by atoms with E-state index >= 15 is 0 Å². The molecule has 0 bridgehead atoms. The third-order valence-electron chi connectivity index (χ3n) is 11.7. The SMILES string of the molecule is C[Si]1(C)c2ccccc2N(c2ccc(N3c4ccccc4[Si](C)(C)c4ccccc43)c(-c3nc(-c4ccccc4)nc(-c4ccccc4)n3)c2)c2ccccc21. The van der Waals surface area contributed by atoms with Crippen molar-refractivity contribution in [3.05, 3.63) is 176 Å². The van der Waals surface area contributed by atoms with Crippen molar-refractivity contribution in [2.24, 2.45) is 0 Å². The van der Waals surface area contributed by atoms with Gasteiger partial charge in [0.1, 0.15) is 16.1 Å². The molecule has 8 aromatic rings. The van der Waals surface area contributed by atoms with Crippen LogP contribution in [0.3, 0.4) is 0 Å². The third kappa shape index (κ3) is 5.38. The van der Waals surface area contributed by atoms with Gasteiger partial charge in [-0.05, 0) is 63.2 Å². The first kappa shape index (κ1) is 34.1. The molecule has 0 N–H and O–H groups in total. The minimum absolute atomic E-state index is 0.625. The average molecular weight is 756 g/mol. The van der Waals surface area contributed by atoms with E-state index in [2.05, 4.69) is 176 Å². The second-order valence-electron chi connectivity index (χ2n) is 15.7. The Hall–Kier alpha value is -6.42. The van der Waals surface area contributed by atoms with Gasteiger partial charge in [-0.3, -0.25) is 0 Å². The number of benzene rings is 7. The van der Waals surface area contributed by atoms with Crippen molar-refractivity contribution < 1.29 is 0 Å². The van der Waals surface area contributed by atoms with E-state index < -0.39 is 16.1 Å². The van der Waals surface area contributed by atoms with Crippen LogP contribution < -0.4 is 30.5 Å². The lowest BCUT2D eigenvalue weighted by Gasteiger charge is -2.42. The Morgan fingerprint density at radius 3 is 1.12 bits per heavy atom. The number of hydrogen-bond acceptors (Lipinski definition) is 5. The monoisotopic (exact) mass is 755 g/mol. The molecule has 0 amide bonds. The summed E-state index contributed by atoms with van der Waals surface area (Å²) < 4.78 is 0. The lowest BCUT2D eigenvalue weighted by Crippen LogP contribution is -2.58. The van der Waals surface area contributed by atoms with Crippen LogP contribution in [0.4, 0.5) is 34.1 Å². The lowest BCUT2D eigenvalue weighted by atomic mass is 10.0. The Labute approximate surface area is 330 Å². The summed E-state index contributed by atoms with van der Waals surface area (Å²) in [4.78, 5) is 20.7.